The molecule has 0 bridgehead atoms. The zero-order chi connectivity index (χ0) is 12.6. The molecule has 0 amide bonds. The molecule has 0 saturated heterocycles. The predicted molar refractivity (Wildman–Crippen MR) is 66.2 cm³/mol. The molecule has 0 radical (unpaired) electrons. The van der Waals surface area contributed by atoms with Crippen molar-refractivity contribution in [3.05, 3.63) is 12.0 Å². The Kier molecular flexibility index (Phi) is 2.87. The van der Waals surface area contributed by atoms with Crippen LogP contribution in [-0.4, -0.2) is 24.5 Å². The van der Waals surface area contributed by atoms with Gasteiger partial charge >= 0.3 is 0 Å². The maximum atomic E-state index is 5.93. The predicted octanol–water partition coefficient (Wildman–Crippen LogP) is 0.996. The van der Waals surface area contributed by atoms with Crippen LogP contribution in [0.25, 0.3) is 11.4 Å². The van der Waals surface area contributed by atoms with E-state index in [1.54, 1.807) is 15.6 Å². The summed E-state index contributed by atoms with van der Waals surface area (Å²) in [6, 6.07) is 0. The van der Waals surface area contributed by atoms with Gasteiger partial charge in [0.1, 0.15) is 5.82 Å². The van der Waals surface area contributed by atoms with Crippen LogP contribution in [0.5, 0.6) is 0 Å². The minimum absolute atomic E-state index is 0.538. The number of anilines is 1. The third-order valence-electron chi connectivity index (χ3n) is 2.62. The van der Waals surface area contributed by atoms with Gasteiger partial charge < -0.3 is 5.73 Å². The van der Waals surface area contributed by atoms with E-state index >= 15 is 0 Å². The van der Waals surface area contributed by atoms with Gasteiger partial charge in [-0.2, -0.15) is 10.2 Å². The van der Waals surface area contributed by atoms with Gasteiger partial charge in [-0.25, -0.2) is 9.67 Å². The van der Waals surface area contributed by atoms with Gasteiger partial charge in [-0.3, -0.25) is 4.68 Å². The summed E-state index contributed by atoms with van der Waals surface area (Å²) in [6.07, 6.45) is 2.59. The van der Waals surface area contributed by atoms with Gasteiger partial charge in [0.2, 0.25) is 0 Å². The van der Waals surface area contributed by atoms with E-state index in [4.69, 9.17) is 5.73 Å². The number of nitrogens with two attached hydrogens (primary N) is 1. The van der Waals surface area contributed by atoms with Crippen molar-refractivity contribution < 1.29 is 0 Å². The number of hydrogen-bond acceptors (Lipinski definition) is 4. The summed E-state index contributed by atoms with van der Waals surface area (Å²) in [5.41, 5.74) is 6.76. The van der Waals surface area contributed by atoms with Gasteiger partial charge in [0.05, 0.1) is 11.8 Å². The molecule has 2 N–H and O–H groups in total. The van der Waals surface area contributed by atoms with E-state index in [0.29, 0.717) is 11.7 Å². The SMILES string of the molecule is CC(C)Cc1nc(-c2cnn(C)c2N)n(C)n1. The van der Waals surface area contributed by atoms with Crippen molar-refractivity contribution in [2.75, 3.05) is 5.73 Å². The summed E-state index contributed by atoms with van der Waals surface area (Å²) in [7, 11) is 3.68. The fraction of sp³-hybridized carbons (Fsp3) is 0.545. The molecule has 2 aromatic heterocycles. The first-order valence-electron chi connectivity index (χ1n) is 5.66. The molecule has 0 aliphatic carbocycles. The third-order valence-corrected chi connectivity index (χ3v) is 2.62. The standard InChI is InChI=1S/C11H18N6/c1-7(2)5-9-14-11(17(4)15-9)8-6-13-16(3)10(8)12/h6-7H,5,12H2,1-4H3. The van der Waals surface area contributed by atoms with Crippen molar-refractivity contribution in [1.82, 2.24) is 24.5 Å². The first-order chi connectivity index (χ1) is 7.99. The second-order valence-electron chi connectivity index (χ2n) is 4.64. The van der Waals surface area contributed by atoms with Crippen LogP contribution in [0.1, 0.15) is 19.7 Å². The average Bonchev–Trinajstić information content (AvgIpc) is 2.72. The fourth-order valence-corrected chi connectivity index (χ4v) is 1.74. The lowest BCUT2D eigenvalue weighted by Crippen LogP contribution is -2.00. The van der Waals surface area contributed by atoms with Crippen molar-refractivity contribution in [3.8, 4) is 11.4 Å². The van der Waals surface area contributed by atoms with Crippen LogP contribution in [0, 0.1) is 5.92 Å². The minimum atomic E-state index is 0.538. The van der Waals surface area contributed by atoms with E-state index in [1.165, 1.54) is 0 Å². The first-order valence-corrected chi connectivity index (χ1v) is 5.66. The van der Waals surface area contributed by atoms with Gasteiger partial charge in [0, 0.05) is 20.5 Å². The third kappa shape index (κ3) is 2.15. The lowest BCUT2D eigenvalue weighted by molar-refractivity contribution is 0.613. The normalized spacial score (nSPS) is 11.4. The van der Waals surface area contributed by atoms with Gasteiger partial charge in [0.15, 0.2) is 11.6 Å². The molecule has 17 heavy (non-hydrogen) atoms. The Balaban J connectivity index is 2.39. The van der Waals surface area contributed by atoms with Gasteiger partial charge in [0.25, 0.3) is 0 Å². The van der Waals surface area contributed by atoms with Crippen LogP contribution >= 0.6 is 0 Å². The highest BCUT2D eigenvalue weighted by Crippen LogP contribution is 2.23. The molecule has 2 rings (SSSR count). The molecule has 0 saturated carbocycles. The van der Waals surface area contributed by atoms with Crippen LogP contribution in [0.3, 0.4) is 0 Å². The smallest absolute Gasteiger partial charge is 0.163 e. The summed E-state index contributed by atoms with van der Waals surface area (Å²) in [6.45, 7) is 4.29. The van der Waals surface area contributed by atoms with Crippen molar-refractivity contribution in [2.24, 2.45) is 20.0 Å². The topological polar surface area (TPSA) is 74.6 Å². The molecule has 2 aromatic rings. The molecular formula is C11H18N6. The number of nitrogen functional groups attached to an aromatic ring is 1. The van der Waals surface area contributed by atoms with E-state index in [0.717, 1.165) is 23.6 Å². The summed E-state index contributed by atoms with van der Waals surface area (Å²) >= 11 is 0. The van der Waals surface area contributed by atoms with E-state index in [9.17, 15) is 0 Å². The van der Waals surface area contributed by atoms with E-state index in [1.807, 2.05) is 14.1 Å². The molecule has 0 aromatic carbocycles. The van der Waals surface area contributed by atoms with E-state index in [-0.39, 0.29) is 0 Å². The van der Waals surface area contributed by atoms with E-state index in [2.05, 4.69) is 29.0 Å². The molecule has 2 heterocycles. The Morgan fingerprint density at radius 1 is 1.29 bits per heavy atom. The Bertz CT molecular complexity index is 522. The molecule has 0 unspecified atom stereocenters. The molecule has 0 atom stereocenters. The van der Waals surface area contributed by atoms with Crippen LogP contribution in [-0.2, 0) is 20.5 Å². The second kappa shape index (κ2) is 4.20. The number of rotatable bonds is 3. The molecule has 0 spiro atoms. The lowest BCUT2D eigenvalue weighted by Gasteiger charge is -1.98. The molecular weight excluding hydrogens is 216 g/mol. The number of nitrogens with zero attached hydrogens (tertiary/aromatic N) is 5. The Morgan fingerprint density at radius 2 is 2.00 bits per heavy atom. The minimum Gasteiger partial charge on any atom is -0.383 e. The molecule has 92 valence electrons. The maximum absolute atomic E-state index is 5.93. The summed E-state index contributed by atoms with van der Waals surface area (Å²) < 4.78 is 3.39. The highest BCUT2D eigenvalue weighted by molar-refractivity contribution is 5.67. The van der Waals surface area contributed by atoms with Crippen LogP contribution in [0.4, 0.5) is 5.82 Å². The Labute approximate surface area is 100 Å². The lowest BCUT2D eigenvalue weighted by atomic mass is 10.1. The zero-order valence-corrected chi connectivity index (χ0v) is 10.7. The summed E-state index contributed by atoms with van der Waals surface area (Å²) in [5.74, 6) is 2.76. The zero-order valence-electron chi connectivity index (χ0n) is 10.7. The number of hydrogen-bond donors (Lipinski definition) is 1. The maximum Gasteiger partial charge on any atom is 0.163 e. The molecule has 6 heteroatoms. The van der Waals surface area contributed by atoms with Gasteiger partial charge in [-0.05, 0) is 5.92 Å². The number of aromatic nitrogens is 5. The second-order valence-corrected chi connectivity index (χ2v) is 4.64. The van der Waals surface area contributed by atoms with Crippen LogP contribution < -0.4 is 5.73 Å². The highest BCUT2D eigenvalue weighted by atomic mass is 15.3. The van der Waals surface area contributed by atoms with Crippen molar-refractivity contribution >= 4 is 5.82 Å². The fourth-order valence-electron chi connectivity index (χ4n) is 1.74. The molecule has 0 fully saturated rings. The Hall–Kier alpha value is -1.85. The molecule has 6 nitrogen and oxygen atoms in total. The molecule has 0 aliphatic rings. The Morgan fingerprint density at radius 3 is 2.53 bits per heavy atom. The summed E-state index contributed by atoms with van der Waals surface area (Å²) in [4.78, 5) is 4.51. The first kappa shape index (κ1) is 11.6. The monoisotopic (exact) mass is 234 g/mol. The quantitative estimate of drug-likeness (QED) is 0.859. The largest absolute Gasteiger partial charge is 0.383 e. The van der Waals surface area contributed by atoms with Crippen LogP contribution in [0.2, 0.25) is 0 Å². The number of aryl methyl sites for hydroxylation is 2. The van der Waals surface area contributed by atoms with Crippen molar-refractivity contribution in [1.29, 1.82) is 0 Å². The van der Waals surface area contributed by atoms with Crippen LogP contribution in [0.15, 0.2) is 6.20 Å². The summed E-state index contributed by atoms with van der Waals surface area (Å²) in [5, 5.41) is 8.50. The average molecular weight is 234 g/mol. The highest BCUT2D eigenvalue weighted by Gasteiger charge is 2.15. The van der Waals surface area contributed by atoms with Gasteiger partial charge in [-0.1, -0.05) is 13.8 Å². The van der Waals surface area contributed by atoms with Crippen molar-refractivity contribution in [2.45, 2.75) is 20.3 Å². The van der Waals surface area contributed by atoms with Gasteiger partial charge in [-0.15, -0.1) is 0 Å². The van der Waals surface area contributed by atoms with E-state index < -0.39 is 0 Å². The molecule has 0 aliphatic heterocycles. The van der Waals surface area contributed by atoms with Crippen molar-refractivity contribution in [3.63, 3.8) is 0 Å².